The molecule has 1 amide bonds. The number of thiazole rings is 1. The zero-order valence-corrected chi connectivity index (χ0v) is 15.9. The summed E-state index contributed by atoms with van der Waals surface area (Å²) >= 11 is 2.98. The van der Waals surface area contributed by atoms with Gasteiger partial charge in [-0.3, -0.25) is 4.79 Å². The van der Waals surface area contributed by atoms with Crippen molar-refractivity contribution >= 4 is 44.3 Å². The number of aromatic nitrogens is 1. The summed E-state index contributed by atoms with van der Waals surface area (Å²) in [6, 6.07) is 9.92. The van der Waals surface area contributed by atoms with E-state index in [0.29, 0.717) is 11.4 Å². The second-order valence-electron chi connectivity index (χ2n) is 5.28. The topological polar surface area (TPSA) is 79.4 Å². The Morgan fingerprint density at radius 2 is 1.84 bits per heavy atom. The molecule has 0 radical (unpaired) electrons. The van der Waals surface area contributed by atoms with Gasteiger partial charge >= 0.3 is 0 Å². The molecule has 3 rings (SSSR count). The average molecular weight is 394 g/mol. The molecule has 130 valence electrons. The highest BCUT2D eigenvalue weighted by Crippen LogP contribution is 2.28. The van der Waals surface area contributed by atoms with Crippen LogP contribution in [0.3, 0.4) is 0 Å². The van der Waals surface area contributed by atoms with Crippen molar-refractivity contribution in [3.63, 3.8) is 0 Å². The van der Waals surface area contributed by atoms with Gasteiger partial charge in [0.1, 0.15) is 10.7 Å². The molecule has 6 nitrogen and oxygen atoms in total. The fourth-order valence-electron chi connectivity index (χ4n) is 2.01. The van der Waals surface area contributed by atoms with Crippen molar-refractivity contribution in [2.24, 2.45) is 0 Å². The summed E-state index contributed by atoms with van der Waals surface area (Å²) in [5.41, 5.74) is 0.840. The highest BCUT2D eigenvalue weighted by atomic mass is 32.2. The molecule has 0 spiro atoms. The predicted octanol–water partition coefficient (Wildman–Crippen LogP) is 3.37. The Balaban J connectivity index is 1.73. The first kappa shape index (κ1) is 17.7. The third kappa shape index (κ3) is 3.79. The number of sulfonamides is 1. The van der Waals surface area contributed by atoms with E-state index in [1.807, 2.05) is 17.5 Å². The number of hydrogen-bond acceptors (Lipinski definition) is 6. The van der Waals surface area contributed by atoms with E-state index in [4.69, 9.17) is 0 Å². The molecule has 2 heterocycles. The van der Waals surface area contributed by atoms with Crippen LogP contribution in [0.1, 0.15) is 10.5 Å². The van der Waals surface area contributed by atoms with E-state index in [1.165, 1.54) is 37.6 Å². The first-order chi connectivity index (χ1) is 11.9. The lowest BCUT2D eigenvalue weighted by atomic mass is 10.3. The molecule has 0 atom stereocenters. The van der Waals surface area contributed by atoms with E-state index in [0.717, 1.165) is 14.2 Å². The van der Waals surface area contributed by atoms with Crippen molar-refractivity contribution in [1.82, 2.24) is 9.29 Å². The molecule has 0 aliphatic carbocycles. The van der Waals surface area contributed by atoms with Gasteiger partial charge in [-0.05, 0) is 35.7 Å². The zero-order valence-electron chi connectivity index (χ0n) is 13.5. The molecule has 1 aromatic carbocycles. The molecule has 2 aromatic heterocycles. The van der Waals surface area contributed by atoms with Crippen LogP contribution in [0.5, 0.6) is 0 Å². The smallest absolute Gasteiger partial charge is 0.275 e. The number of nitrogens with one attached hydrogen (secondary N) is 1. The fraction of sp³-hybridized carbons (Fsp3) is 0.125. The van der Waals surface area contributed by atoms with Crippen molar-refractivity contribution in [1.29, 1.82) is 0 Å². The van der Waals surface area contributed by atoms with Crippen LogP contribution < -0.4 is 5.32 Å². The Morgan fingerprint density at radius 3 is 2.44 bits per heavy atom. The van der Waals surface area contributed by atoms with Gasteiger partial charge in [0.15, 0.2) is 0 Å². The van der Waals surface area contributed by atoms with Gasteiger partial charge < -0.3 is 5.32 Å². The molecule has 0 aliphatic heterocycles. The van der Waals surface area contributed by atoms with Crippen LogP contribution in [0.4, 0.5) is 5.69 Å². The maximum atomic E-state index is 12.3. The Labute approximate surface area is 153 Å². The Hall–Kier alpha value is -2.07. The Kier molecular flexibility index (Phi) is 5.00. The van der Waals surface area contributed by atoms with Gasteiger partial charge in [-0.15, -0.1) is 22.7 Å². The molecule has 9 heteroatoms. The first-order valence-electron chi connectivity index (χ1n) is 7.21. The molecule has 0 fully saturated rings. The van der Waals surface area contributed by atoms with Gasteiger partial charge in [0.2, 0.25) is 10.0 Å². The molecular formula is C16H15N3O3S3. The molecule has 3 aromatic rings. The van der Waals surface area contributed by atoms with Crippen molar-refractivity contribution < 1.29 is 13.2 Å². The molecule has 0 aliphatic rings. The third-order valence-electron chi connectivity index (χ3n) is 3.36. The number of carbonyl (C=O) groups excluding carboxylic acids is 1. The van der Waals surface area contributed by atoms with Crippen LogP contribution >= 0.6 is 22.7 Å². The number of amides is 1. The molecular weight excluding hydrogens is 378 g/mol. The van der Waals surface area contributed by atoms with Crippen LogP contribution in [-0.2, 0) is 10.0 Å². The van der Waals surface area contributed by atoms with Gasteiger partial charge in [0.05, 0.1) is 9.77 Å². The lowest BCUT2D eigenvalue weighted by Crippen LogP contribution is -2.22. The lowest BCUT2D eigenvalue weighted by Gasteiger charge is -2.11. The maximum Gasteiger partial charge on any atom is 0.275 e. The summed E-state index contributed by atoms with van der Waals surface area (Å²) in [5, 5.41) is 7.19. The summed E-state index contributed by atoms with van der Waals surface area (Å²) in [4.78, 5) is 17.8. The average Bonchev–Trinajstić information content (AvgIpc) is 3.26. The van der Waals surface area contributed by atoms with Gasteiger partial charge in [0.25, 0.3) is 5.91 Å². The second-order valence-corrected chi connectivity index (χ2v) is 9.24. The number of benzene rings is 1. The largest absolute Gasteiger partial charge is 0.321 e. The van der Waals surface area contributed by atoms with Crippen LogP contribution in [0.25, 0.3) is 9.88 Å². The van der Waals surface area contributed by atoms with E-state index in [2.05, 4.69) is 10.3 Å². The minimum Gasteiger partial charge on any atom is -0.321 e. The number of rotatable bonds is 5. The summed E-state index contributed by atoms with van der Waals surface area (Å²) in [5.74, 6) is -0.331. The van der Waals surface area contributed by atoms with E-state index in [-0.39, 0.29) is 10.8 Å². The van der Waals surface area contributed by atoms with Crippen molar-refractivity contribution in [2.45, 2.75) is 4.90 Å². The SMILES string of the molecule is CN(C)S(=O)(=O)c1ccc(NC(=O)c2csc(-c3cccs3)n2)cc1. The molecule has 0 saturated heterocycles. The number of hydrogen-bond donors (Lipinski definition) is 1. The van der Waals surface area contributed by atoms with Crippen molar-refractivity contribution in [2.75, 3.05) is 19.4 Å². The van der Waals surface area contributed by atoms with Crippen molar-refractivity contribution in [3.8, 4) is 9.88 Å². The van der Waals surface area contributed by atoms with E-state index in [1.54, 1.807) is 28.8 Å². The van der Waals surface area contributed by atoms with E-state index >= 15 is 0 Å². The molecule has 0 saturated carbocycles. The monoisotopic (exact) mass is 393 g/mol. The predicted molar refractivity (Wildman–Crippen MR) is 101 cm³/mol. The highest BCUT2D eigenvalue weighted by Gasteiger charge is 2.17. The maximum absolute atomic E-state index is 12.3. The Morgan fingerprint density at radius 1 is 1.12 bits per heavy atom. The Bertz CT molecular complexity index is 975. The number of anilines is 1. The molecule has 0 unspecified atom stereocenters. The minimum absolute atomic E-state index is 0.170. The molecule has 1 N–H and O–H groups in total. The fourth-order valence-corrected chi connectivity index (χ4v) is 4.52. The van der Waals surface area contributed by atoms with Crippen LogP contribution in [0.2, 0.25) is 0 Å². The van der Waals surface area contributed by atoms with Gasteiger partial charge in [-0.2, -0.15) is 0 Å². The normalized spacial score (nSPS) is 11.6. The van der Waals surface area contributed by atoms with Crippen LogP contribution in [0.15, 0.2) is 52.1 Å². The third-order valence-corrected chi connectivity index (χ3v) is 7.07. The molecule has 25 heavy (non-hydrogen) atoms. The number of nitrogens with zero attached hydrogens (tertiary/aromatic N) is 2. The van der Waals surface area contributed by atoms with E-state index < -0.39 is 10.0 Å². The zero-order chi connectivity index (χ0) is 18.0. The van der Waals surface area contributed by atoms with Crippen LogP contribution in [0, 0.1) is 0 Å². The standard InChI is InChI=1S/C16H15N3O3S3/c1-19(2)25(21,22)12-7-5-11(6-8-12)17-15(20)13-10-24-16(18-13)14-4-3-9-23-14/h3-10H,1-2H3,(H,17,20). The van der Waals surface area contributed by atoms with Crippen LogP contribution in [-0.4, -0.2) is 37.7 Å². The summed E-state index contributed by atoms with van der Waals surface area (Å²) < 4.78 is 25.2. The highest BCUT2D eigenvalue weighted by molar-refractivity contribution is 7.89. The summed E-state index contributed by atoms with van der Waals surface area (Å²) in [6.45, 7) is 0. The quantitative estimate of drug-likeness (QED) is 0.721. The summed E-state index contributed by atoms with van der Waals surface area (Å²) in [6.07, 6.45) is 0. The number of carbonyl (C=O) groups is 1. The molecule has 0 bridgehead atoms. The summed E-state index contributed by atoms with van der Waals surface area (Å²) in [7, 11) is -0.544. The van der Waals surface area contributed by atoms with Gasteiger partial charge in [0, 0.05) is 25.2 Å². The lowest BCUT2D eigenvalue weighted by molar-refractivity contribution is 0.102. The minimum atomic E-state index is -3.48. The first-order valence-corrected chi connectivity index (χ1v) is 10.4. The number of thiophene rings is 1. The van der Waals surface area contributed by atoms with Gasteiger partial charge in [-0.25, -0.2) is 17.7 Å². The second kappa shape index (κ2) is 7.04. The van der Waals surface area contributed by atoms with Gasteiger partial charge in [-0.1, -0.05) is 6.07 Å². The van der Waals surface area contributed by atoms with Crippen molar-refractivity contribution in [3.05, 3.63) is 52.9 Å². The van der Waals surface area contributed by atoms with E-state index in [9.17, 15) is 13.2 Å².